The summed E-state index contributed by atoms with van der Waals surface area (Å²) in [5.74, 6) is 1.60. The molecule has 3 aliphatic carbocycles. The molecule has 4 rings (SSSR count). The Morgan fingerprint density at radius 3 is 1.15 bits per heavy atom. The van der Waals surface area contributed by atoms with Crippen LogP contribution < -0.4 is 0 Å². The summed E-state index contributed by atoms with van der Waals surface area (Å²) in [6, 6.07) is 6.50. The molecule has 0 saturated heterocycles. The molecule has 0 bridgehead atoms. The van der Waals surface area contributed by atoms with Gasteiger partial charge in [-0.1, -0.05) is 138 Å². The average Bonchev–Trinajstić information content (AvgIpc) is 2.94. The molecule has 264 valence electrons. The highest BCUT2D eigenvalue weighted by Crippen LogP contribution is 2.47. The van der Waals surface area contributed by atoms with E-state index in [1.807, 2.05) is 0 Å². The van der Waals surface area contributed by atoms with Crippen LogP contribution in [-0.4, -0.2) is 17.3 Å². The quantitative estimate of drug-likeness (QED) is 0.211. The number of benzene rings is 1. The summed E-state index contributed by atoms with van der Waals surface area (Å²) in [5, 5.41) is 0. The number of allylic oxidation sites excluding steroid dienone is 6. The second kappa shape index (κ2) is 14.7. The summed E-state index contributed by atoms with van der Waals surface area (Å²) >= 11 is 0. The molecule has 0 aliphatic heterocycles. The Labute approximate surface area is 293 Å². The van der Waals surface area contributed by atoms with Crippen LogP contribution in [0.4, 0.5) is 0 Å². The van der Waals surface area contributed by atoms with Crippen LogP contribution in [-0.2, 0) is 14.4 Å². The van der Waals surface area contributed by atoms with E-state index >= 15 is 0 Å². The molecule has 3 heteroatoms. The van der Waals surface area contributed by atoms with Crippen molar-refractivity contribution in [1.82, 2.24) is 0 Å². The predicted molar refractivity (Wildman–Crippen MR) is 201 cm³/mol. The number of hydrogen-bond donors (Lipinski definition) is 0. The molecule has 48 heavy (non-hydrogen) atoms. The smallest absolute Gasteiger partial charge is 0.137 e. The number of ketones is 3. The van der Waals surface area contributed by atoms with E-state index in [1.54, 1.807) is 0 Å². The fourth-order valence-corrected chi connectivity index (χ4v) is 10.4. The maximum Gasteiger partial charge on any atom is 0.137 e. The van der Waals surface area contributed by atoms with Crippen molar-refractivity contribution in [2.75, 3.05) is 0 Å². The van der Waals surface area contributed by atoms with Gasteiger partial charge in [0.1, 0.15) is 17.3 Å². The molecule has 0 heterocycles. The Bertz CT molecular complexity index is 1360. The van der Waals surface area contributed by atoms with E-state index in [2.05, 4.69) is 138 Å². The van der Waals surface area contributed by atoms with Crippen molar-refractivity contribution in [3.8, 4) is 0 Å². The molecule has 0 saturated carbocycles. The van der Waals surface area contributed by atoms with E-state index in [9.17, 15) is 14.4 Å². The van der Waals surface area contributed by atoms with Gasteiger partial charge in [-0.05, 0) is 87.7 Å². The molecule has 9 atom stereocenters. The summed E-state index contributed by atoms with van der Waals surface area (Å²) in [5.41, 5.74) is 3.31. The predicted octanol–water partition coefficient (Wildman–Crippen LogP) is 11.6. The molecular weight excluding hydrogens is 588 g/mol. The van der Waals surface area contributed by atoms with Crippen molar-refractivity contribution in [3.05, 3.63) is 71.3 Å². The van der Waals surface area contributed by atoms with Crippen molar-refractivity contribution in [2.24, 2.45) is 51.8 Å². The van der Waals surface area contributed by atoms with Gasteiger partial charge in [-0.3, -0.25) is 14.4 Å². The van der Waals surface area contributed by atoms with Crippen molar-refractivity contribution >= 4 is 17.3 Å². The van der Waals surface area contributed by atoms with Crippen LogP contribution in [0.25, 0.3) is 0 Å². The molecule has 0 amide bonds. The Balaban J connectivity index is 1.69. The van der Waals surface area contributed by atoms with Gasteiger partial charge in [-0.15, -0.1) is 0 Å². The third kappa shape index (κ3) is 8.08. The lowest BCUT2D eigenvalue weighted by molar-refractivity contribution is -0.129. The Hall–Kier alpha value is -2.55. The first-order chi connectivity index (χ1) is 22.3. The van der Waals surface area contributed by atoms with Gasteiger partial charge in [0.25, 0.3) is 0 Å². The van der Waals surface area contributed by atoms with Gasteiger partial charge in [0.2, 0.25) is 0 Å². The van der Waals surface area contributed by atoms with Crippen molar-refractivity contribution in [3.63, 3.8) is 0 Å². The molecule has 3 aliphatic rings. The molecule has 1 aromatic rings. The molecule has 0 aromatic heterocycles. The Kier molecular flexibility index (Phi) is 11.7. The van der Waals surface area contributed by atoms with Gasteiger partial charge >= 0.3 is 0 Å². The third-order valence-electron chi connectivity index (χ3n) is 12.6. The highest BCUT2D eigenvalue weighted by Gasteiger charge is 2.43. The maximum atomic E-state index is 14.2. The van der Waals surface area contributed by atoms with E-state index < -0.39 is 0 Å². The van der Waals surface area contributed by atoms with Crippen LogP contribution in [0, 0.1) is 51.8 Å². The second-order valence-corrected chi connectivity index (χ2v) is 18.4. The van der Waals surface area contributed by atoms with Crippen LogP contribution in [0.3, 0.4) is 0 Å². The number of rotatable bonds is 12. The van der Waals surface area contributed by atoms with E-state index in [1.165, 1.54) is 16.7 Å². The minimum Gasteiger partial charge on any atom is -0.299 e. The molecule has 9 unspecified atom stereocenters. The largest absolute Gasteiger partial charge is 0.299 e. The first-order valence-electron chi connectivity index (χ1n) is 19.0. The Morgan fingerprint density at radius 1 is 0.562 bits per heavy atom. The van der Waals surface area contributed by atoms with E-state index in [-0.39, 0.29) is 69.5 Å². The monoisotopic (exact) mass is 655 g/mol. The maximum absolute atomic E-state index is 14.2. The molecule has 0 radical (unpaired) electrons. The zero-order valence-corrected chi connectivity index (χ0v) is 32.4. The zero-order chi connectivity index (χ0) is 35.8. The molecule has 0 fully saturated rings. The van der Waals surface area contributed by atoms with Gasteiger partial charge in [0.05, 0.1) is 0 Å². The SMILES string of the molecule is CC(CC(=O)C1C(C)C=CCC1(C)C)c1cccc(C(C)CC(=O)C2C(C)C=CCC2(C)C)c1C(C)CC(=O)C1C(C)C=CCC1(C)C. The van der Waals surface area contributed by atoms with Crippen LogP contribution in [0.1, 0.15) is 156 Å². The summed E-state index contributed by atoms with van der Waals surface area (Å²) in [7, 11) is 0. The fourth-order valence-electron chi connectivity index (χ4n) is 10.4. The second-order valence-electron chi connectivity index (χ2n) is 18.4. The lowest BCUT2D eigenvalue weighted by Gasteiger charge is -2.40. The molecule has 1 aromatic carbocycles. The van der Waals surface area contributed by atoms with Gasteiger partial charge in [0.15, 0.2) is 0 Å². The van der Waals surface area contributed by atoms with Gasteiger partial charge in [0, 0.05) is 37.0 Å². The lowest BCUT2D eigenvalue weighted by atomic mass is 9.63. The Morgan fingerprint density at radius 2 is 0.854 bits per heavy atom. The van der Waals surface area contributed by atoms with Crippen LogP contribution in [0.2, 0.25) is 0 Å². The molecule has 0 spiro atoms. The molecular formula is C45H66O3. The third-order valence-corrected chi connectivity index (χ3v) is 12.6. The number of Topliss-reactive ketones (excluding diaryl/α,β-unsaturated/α-hetero) is 3. The molecule has 0 N–H and O–H groups in total. The first-order valence-corrected chi connectivity index (χ1v) is 19.0. The van der Waals surface area contributed by atoms with E-state index in [4.69, 9.17) is 0 Å². The van der Waals surface area contributed by atoms with E-state index in [0.717, 1.165) is 19.3 Å². The highest BCUT2D eigenvalue weighted by atomic mass is 16.1. The van der Waals surface area contributed by atoms with E-state index in [0.29, 0.717) is 36.6 Å². The average molecular weight is 655 g/mol. The lowest BCUT2D eigenvalue weighted by Crippen LogP contribution is -2.38. The topological polar surface area (TPSA) is 51.2 Å². The fraction of sp³-hybridized carbons (Fsp3) is 0.667. The summed E-state index contributed by atoms with van der Waals surface area (Å²) in [6.07, 6.45) is 17.5. The molecule has 3 nitrogen and oxygen atoms in total. The van der Waals surface area contributed by atoms with Crippen molar-refractivity contribution in [2.45, 2.75) is 139 Å². The minimum absolute atomic E-state index is 0.00917. The van der Waals surface area contributed by atoms with Gasteiger partial charge in [-0.25, -0.2) is 0 Å². The summed E-state index contributed by atoms with van der Waals surface area (Å²) in [4.78, 5) is 42.3. The summed E-state index contributed by atoms with van der Waals surface area (Å²) in [6.45, 7) is 26.5. The zero-order valence-electron chi connectivity index (χ0n) is 32.4. The standard InChI is InChI=1S/C45H66O3/c1-28-17-14-22-43(7,8)40(28)36(46)25-31(4)34-20-13-21-35(32(5)26-37(47)41-29(2)18-15-23-44(41,9)10)39(34)33(6)27-38(48)42-30(3)19-16-24-45(42,11)12/h13-21,28-33,40-42H,22-27H2,1-12H3. The van der Waals surface area contributed by atoms with Gasteiger partial charge < -0.3 is 0 Å². The summed E-state index contributed by atoms with van der Waals surface area (Å²) < 4.78 is 0. The number of carbonyl (C=O) groups excluding carboxylic acids is 3. The minimum atomic E-state index is -0.0807. The highest BCUT2D eigenvalue weighted by molar-refractivity contribution is 5.85. The van der Waals surface area contributed by atoms with Crippen molar-refractivity contribution in [1.29, 1.82) is 0 Å². The first kappa shape index (κ1) is 38.3. The number of carbonyl (C=O) groups is 3. The van der Waals surface area contributed by atoms with Crippen LogP contribution >= 0.6 is 0 Å². The normalized spacial score (nSPS) is 30.8. The van der Waals surface area contributed by atoms with Gasteiger partial charge in [-0.2, -0.15) is 0 Å². The van der Waals surface area contributed by atoms with Crippen LogP contribution in [0.5, 0.6) is 0 Å². The number of hydrogen-bond acceptors (Lipinski definition) is 3. The van der Waals surface area contributed by atoms with Crippen LogP contribution in [0.15, 0.2) is 54.7 Å². The van der Waals surface area contributed by atoms with Crippen molar-refractivity contribution < 1.29 is 14.4 Å².